The maximum atomic E-state index is 15.2. The molecule has 0 amide bonds. The zero-order chi connectivity index (χ0) is 19.1. The minimum atomic E-state index is -4.76. The van der Waals surface area contributed by atoms with Crippen LogP contribution in [0.1, 0.15) is 45.6 Å². The van der Waals surface area contributed by atoms with E-state index in [0.717, 1.165) is 0 Å². The van der Waals surface area contributed by atoms with E-state index in [9.17, 15) is 13.2 Å². The summed E-state index contributed by atoms with van der Waals surface area (Å²) in [5.74, 6) is -5.49. The van der Waals surface area contributed by atoms with Gasteiger partial charge in [0, 0.05) is 19.8 Å². The van der Waals surface area contributed by atoms with Gasteiger partial charge in [0.25, 0.3) is 0 Å². The van der Waals surface area contributed by atoms with Crippen LogP contribution in [-0.2, 0) is 18.8 Å². The van der Waals surface area contributed by atoms with E-state index >= 15 is 8.78 Å². The standard InChI is InChI=1S/C16H23F5O3Si/c1-4-9-22-25(23-10-5-2,24-11-6-3)16(20,21)12-7-8-13(17)15(19)14(12)18/h7-8H,4-6,9-11H2,1-3H3. The van der Waals surface area contributed by atoms with Crippen molar-refractivity contribution >= 4 is 8.80 Å². The van der Waals surface area contributed by atoms with Gasteiger partial charge in [0.15, 0.2) is 17.5 Å². The zero-order valence-corrected chi connectivity index (χ0v) is 15.5. The molecule has 0 aromatic heterocycles. The quantitative estimate of drug-likeness (QED) is 0.306. The van der Waals surface area contributed by atoms with Crippen molar-refractivity contribution in [1.29, 1.82) is 0 Å². The van der Waals surface area contributed by atoms with Gasteiger partial charge in [0.1, 0.15) is 0 Å². The third-order valence-electron chi connectivity index (χ3n) is 3.25. The van der Waals surface area contributed by atoms with Gasteiger partial charge in [-0.1, -0.05) is 20.8 Å². The Morgan fingerprint density at radius 2 is 1.24 bits per heavy atom. The van der Waals surface area contributed by atoms with Crippen LogP contribution < -0.4 is 0 Å². The van der Waals surface area contributed by atoms with E-state index in [1.54, 1.807) is 20.8 Å². The number of hydrogen-bond acceptors (Lipinski definition) is 3. The summed E-state index contributed by atoms with van der Waals surface area (Å²) in [6.07, 6.45) is 1.20. The first-order valence-corrected chi connectivity index (χ1v) is 9.93. The van der Waals surface area contributed by atoms with Crippen LogP contribution in [0.5, 0.6) is 0 Å². The van der Waals surface area contributed by atoms with Gasteiger partial charge in [-0.3, -0.25) is 0 Å². The molecule has 0 unspecified atom stereocenters. The van der Waals surface area contributed by atoms with E-state index in [4.69, 9.17) is 13.3 Å². The summed E-state index contributed by atoms with van der Waals surface area (Å²) in [6, 6.07) is 0.940. The van der Waals surface area contributed by atoms with Crippen LogP contribution in [0.4, 0.5) is 22.0 Å². The first-order chi connectivity index (χ1) is 11.8. The SMILES string of the molecule is CCCO[Si](OCCC)(OCCC)C(F)(F)c1ccc(F)c(F)c1F. The van der Waals surface area contributed by atoms with E-state index in [-0.39, 0.29) is 19.8 Å². The van der Waals surface area contributed by atoms with E-state index in [0.29, 0.717) is 31.4 Å². The lowest BCUT2D eigenvalue weighted by atomic mass is 10.2. The number of hydrogen-bond donors (Lipinski definition) is 0. The van der Waals surface area contributed by atoms with Crippen LogP contribution in [0.25, 0.3) is 0 Å². The summed E-state index contributed by atoms with van der Waals surface area (Å²) in [5.41, 5.74) is -5.41. The summed E-state index contributed by atoms with van der Waals surface area (Å²) in [7, 11) is -4.76. The van der Waals surface area contributed by atoms with E-state index in [1.165, 1.54) is 0 Å². The van der Waals surface area contributed by atoms with Crippen LogP contribution >= 0.6 is 0 Å². The first kappa shape index (κ1) is 22.0. The van der Waals surface area contributed by atoms with E-state index < -0.39 is 37.4 Å². The maximum Gasteiger partial charge on any atom is 0.579 e. The molecule has 0 spiro atoms. The van der Waals surface area contributed by atoms with Gasteiger partial charge < -0.3 is 13.3 Å². The molecule has 0 aliphatic rings. The summed E-state index contributed by atoms with van der Waals surface area (Å²) >= 11 is 0. The van der Waals surface area contributed by atoms with Crippen molar-refractivity contribution in [3.05, 3.63) is 35.1 Å². The Bertz CT molecular complexity index is 535. The normalized spacial score (nSPS) is 12.6. The first-order valence-electron chi connectivity index (χ1n) is 8.21. The Labute approximate surface area is 145 Å². The summed E-state index contributed by atoms with van der Waals surface area (Å²) in [6.45, 7) is 4.82. The number of alkyl halides is 2. The number of halogens is 5. The van der Waals surface area contributed by atoms with Crippen molar-refractivity contribution in [1.82, 2.24) is 0 Å². The van der Waals surface area contributed by atoms with Gasteiger partial charge in [-0.2, -0.15) is 8.78 Å². The Morgan fingerprint density at radius 3 is 1.64 bits per heavy atom. The Kier molecular flexibility index (Phi) is 8.46. The molecule has 0 N–H and O–H groups in total. The van der Waals surface area contributed by atoms with Gasteiger partial charge in [-0.05, 0) is 31.4 Å². The van der Waals surface area contributed by atoms with Crippen molar-refractivity contribution < 1.29 is 35.2 Å². The highest BCUT2D eigenvalue weighted by molar-refractivity contribution is 6.63. The molecule has 0 fully saturated rings. The monoisotopic (exact) mass is 386 g/mol. The maximum absolute atomic E-state index is 15.2. The molecule has 1 rings (SSSR count). The van der Waals surface area contributed by atoms with Gasteiger partial charge in [-0.25, -0.2) is 13.2 Å². The average molecular weight is 386 g/mol. The van der Waals surface area contributed by atoms with Crippen molar-refractivity contribution in [2.45, 2.75) is 45.6 Å². The molecule has 0 aliphatic heterocycles. The molecule has 144 valence electrons. The second kappa shape index (κ2) is 9.61. The number of benzene rings is 1. The molecular weight excluding hydrogens is 363 g/mol. The van der Waals surface area contributed by atoms with Crippen LogP contribution in [0, 0.1) is 17.5 Å². The minimum Gasteiger partial charge on any atom is -0.370 e. The largest absolute Gasteiger partial charge is 0.579 e. The van der Waals surface area contributed by atoms with E-state index in [2.05, 4.69) is 0 Å². The molecule has 3 nitrogen and oxygen atoms in total. The van der Waals surface area contributed by atoms with Crippen LogP contribution in [0.2, 0.25) is 0 Å². The molecule has 9 heteroatoms. The molecule has 0 saturated heterocycles. The molecule has 0 aliphatic carbocycles. The molecule has 0 atom stereocenters. The predicted octanol–water partition coefficient (Wildman–Crippen LogP) is 4.95. The number of rotatable bonds is 11. The Balaban J connectivity index is 3.43. The lowest BCUT2D eigenvalue weighted by Crippen LogP contribution is -2.60. The molecule has 0 heterocycles. The predicted molar refractivity (Wildman–Crippen MR) is 84.7 cm³/mol. The minimum absolute atomic E-state index is 0.0967. The third-order valence-corrected chi connectivity index (χ3v) is 6.04. The Hall–Kier alpha value is -1.03. The fraction of sp³-hybridized carbons (Fsp3) is 0.625. The van der Waals surface area contributed by atoms with Gasteiger partial charge >= 0.3 is 14.4 Å². The molecule has 0 bridgehead atoms. The highest BCUT2D eigenvalue weighted by Crippen LogP contribution is 2.42. The highest BCUT2D eigenvalue weighted by Gasteiger charge is 2.67. The fourth-order valence-corrected chi connectivity index (χ4v) is 4.77. The van der Waals surface area contributed by atoms with Crippen molar-refractivity contribution in [2.24, 2.45) is 0 Å². The second-order valence-corrected chi connectivity index (χ2v) is 8.01. The summed E-state index contributed by atoms with van der Waals surface area (Å²) in [5, 5.41) is 0. The highest BCUT2D eigenvalue weighted by atomic mass is 28.4. The average Bonchev–Trinajstić information content (AvgIpc) is 2.59. The smallest absolute Gasteiger partial charge is 0.370 e. The molecule has 0 radical (unpaired) electrons. The summed E-state index contributed by atoms with van der Waals surface area (Å²) < 4.78 is 86.8. The van der Waals surface area contributed by atoms with Crippen LogP contribution in [0.15, 0.2) is 12.1 Å². The van der Waals surface area contributed by atoms with Crippen molar-refractivity contribution in [3.8, 4) is 0 Å². The van der Waals surface area contributed by atoms with Crippen molar-refractivity contribution in [2.75, 3.05) is 19.8 Å². The third kappa shape index (κ3) is 4.78. The lowest BCUT2D eigenvalue weighted by molar-refractivity contribution is -0.0612. The van der Waals surface area contributed by atoms with Gasteiger partial charge in [0.2, 0.25) is 0 Å². The zero-order valence-electron chi connectivity index (χ0n) is 14.5. The molecular formula is C16H23F5O3Si. The van der Waals surface area contributed by atoms with Crippen LogP contribution in [0.3, 0.4) is 0 Å². The fourth-order valence-electron chi connectivity index (χ4n) is 2.04. The lowest BCUT2D eigenvalue weighted by Gasteiger charge is -2.35. The molecule has 1 aromatic rings. The topological polar surface area (TPSA) is 27.7 Å². The van der Waals surface area contributed by atoms with Gasteiger partial charge in [0.05, 0.1) is 5.56 Å². The van der Waals surface area contributed by atoms with Crippen LogP contribution in [-0.4, -0.2) is 28.6 Å². The second-order valence-electron chi connectivity index (χ2n) is 5.40. The van der Waals surface area contributed by atoms with Crippen molar-refractivity contribution in [3.63, 3.8) is 0 Å². The molecule has 25 heavy (non-hydrogen) atoms. The summed E-state index contributed by atoms with van der Waals surface area (Å²) in [4.78, 5) is 0. The Morgan fingerprint density at radius 1 is 0.800 bits per heavy atom. The molecule has 0 saturated carbocycles. The van der Waals surface area contributed by atoms with Gasteiger partial charge in [-0.15, -0.1) is 0 Å². The molecule has 1 aromatic carbocycles. The van der Waals surface area contributed by atoms with E-state index in [1.807, 2.05) is 0 Å².